The minimum absolute atomic E-state index is 0.132. The van der Waals surface area contributed by atoms with E-state index in [4.69, 9.17) is 5.73 Å². The number of rotatable bonds is 7. The number of nitrogens with two attached hydrogens (primary N) is 1. The third-order valence-corrected chi connectivity index (χ3v) is 4.80. The molecule has 0 aromatic heterocycles. The molecule has 0 spiro atoms. The van der Waals surface area contributed by atoms with Crippen LogP contribution < -0.4 is 5.73 Å². The first-order valence-electron chi connectivity index (χ1n) is 8.53. The summed E-state index contributed by atoms with van der Waals surface area (Å²) in [6.45, 7) is 2.55. The van der Waals surface area contributed by atoms with Crippen molar-refractivity contribution in [2.45, 2.75) is 56.9 Å². The molecule has 4 N–H and O–H groups in total. The molecule has 2 aliphatic rings. The fourth-order valence-corrected chi connectivity index (χ4v) is 3.15. The highest BCUT2D eigenvalue weighted by Crippen LogP contribution is 2.23. The van der Waals surface area contributed by atoms with Crippen LogP contribution in [0.4, 0.5) is 0 Å². The summed E-state index contributed by atoms with van der Waals surface area (Å²) in [5.41, 5.74) is 6.75. The zero-order valence-corrected chi connectivity index (χ0v) is 13.7. The van der Waals surface area contributed by atoms with Gasteiger partial charge in [-0.15, -0.1) is 0 Å². The molecular weight excluding hydrogens is 278 g/mol. The van der Waals surface area contributed by atoms with Crippen molar-refractivity contribution < 1.29 is 10.2 Å². The van der Waals surface area contributed by atoms with E-state index in [1.807, 2.05) is 11.9 Å². The van der Waals surface area contributed by atoms with Gasteiger partial charge in [0, 0.05) is 24.8 Å². The second kappa shape index (κ2) is 8.67. The van der Waals surface area contributed by atoms with Crippen molar-refractivity contribution in [1.82, 2.24) is 9.80 Å². The van der Waals surface area contributed by atoms with Crippen molar-refractivity contribution >= 4 is 0 Å². The van der Waals surface area contributed by atoms with E-state index in [-0.39, 0.29) is 12.1 Å². The highest BCUT2D eigenvalue weighted by Gasteiger charge is 2.23. The van der Waals surface area contributed by atoms with Gasteiger partial charge in [-0.3, -0.25) is 4.90 Å². The predicted molar refractivity (Wildman–Crippen MR) is 89.1 cm³/mol. The summed E-state index contributed by atoms with van der Waals surface area (Å²) in [6, 6.07) is 0.256. The molecule has 5 nitrogen and oxygen atoms in total. The summed E-state index contributed by atoms with van der Waals surface area (Å²) < 4.78 is 0. The van der Waals surface area contributed by atoms with E-state index in [2.05, 4.69) is 23.1 Å². The molecule has 22 heavy (non-hydrogen) atoms. The van der Waals surface area contributed by atoms with E-state index in [0.29, 0.717) is 6.54 Å². The van der Waals surface area contributed by atoms with Gasteiger partial charge in [0.25, 0.3) is 0 Å². The molecule has 0 aromatic rings. The lowest BCUT2D eigenvalue weighted by molar-refractivity contribution is -0.00204. The van der Waals surface area contributed by atoms with Crippen LogP contribution in [0.3, 0.4) is 0 Å². The number of unbranched alkanes of at least 4 members (excludes halogenated alkanes) is 1. The van der Waals surface area contributed by atoms with Gasteiger partial charge >= 0.3 is 0 Å². The van der Waals surface area contributed by atoms with E-state index in [9.17, 15) is 10.2 Å². The molecule has 2 unspecified atom stereocenters. The van der Waals surface area contributed by atoms with Crippen LogP contribution in [0.15, 0.2) is 23.9 Å². The Morgan fingerprint density at radius 1 is 1.36 bits per heavy atom. The van der Waals surface area contributed by atoms with Crippen molar-refractivity contribution in [3.05, 3.63) is 23.9 Å². The molecular formula is C17H31N3O2. The number of hydrogen-bond donors (Lipinski definition) is 3. The average molecular weight is 309 g/mol. The standard InChI is InChI=1S/C17H31N3O2/c1-19(17(22)4-2-3-11-18)14-5-7-15(8-6-14)20-12-9-16(21)10-13-20/h5,7-8,14,16-17,21-22H,2-4,6,9-13,18H2,1H3. The minimum Gasteiger partial charge on any atom is -0.393 e. The van der Waals surface area contributed by atoms with Crippen LogP contribution in [-0.2, 0) is 0 Å². The van der Waals surface area contributed by atoms with Crippen molar-refractivity contribution in [1.29, 1.82) is 0 Å². The molecule has 0 aromatic carbocycles. The normalized spacial score (nSPS) is 24.7. The van der Waals surface area contributed by atoms with Crippen molar-refractivity contribution in [2.75, 3.05) is 26.7 Å². The molecule has 0 radical (unpaired) electrons. The van der Waals surface area contributed by atoms with Crippen LogP contribution in [0, 0.1) is 0 Å². The van der Waals surface area contributed by atoms with E-state index in [0.717, 1.165) is 51.6 Å². The topological polar surface area (TPSA) is 73.0 Å². The SMILES string of the molecule is CN(C(O)CCCCN)C1C=CC(N2CCC(O)CC2)=CC1. The number of aliphatic hydroxyl groups excluding tert-OH is 2. The van der Waals surface area contributed by atoms with Crippen molar-refractivity contribution in [3.63, 3.8) is 0 Å². The fraction of sp³-hybridized carbons (Fsp3) is 0.765. The highest BCUT2D eigenvalue weighted by atomic mass is 16.3. The number of likely N-dealkylation sites (N-methyl/N-ethyl adjacent to an activating group) is 1. The first kappa shape index (κ1) is 17.5. The molecule has 0 saturated carbocycles. The summed E-state index contributed by atoms with van der Waals surface area (Å²) in [6.07, 6.45) is 11.4. The first-order chi connectivity index (χ1) is 10.6. The second-order valence-corrected chi connectivity index (χ2v) is 6.44. The summed E-state index contributed by atoms with van der Waals surface area (Å²) in [7, 11) is 1.98. The van der Waals surface area contributed by atoms with E-state index in [1.54, 1.807) is 0 Å². The van der Waals surface area contributed by atoms with Gasteiger partial charge in [-0.25, -0.2) is 0 Å². The largest absolute Gasteiger partial charge is 0.393 e. The lowest BCUT2D eigenvalue weighted by atomic mass is 10.0. The first-order valence-corrected chi connectivity index (χ1v) is 8.53. The van der Waals surface area contributed by atoms with Gasteiger partial charge in [-0.05, 0) is 58.2 Å². The van der Waals surface area contributed by atoms with Gasteiger partial charge in [0.2, 0.25) is 0 Å². The van der Waals surface area contributed by atoms with Crippen LogP contribution in [0.1, 0.15) is 38.5 Å². The predicted octanol–water partition coefficient (Wildman–Crippen LogP) is 1.03. The second-order valence-electron chi connectivity index (χ2n) is 6.44. The highest BCUT2D eigenvalue weighted by molar-refractivity contribution is 5.25. The fourth-order valence-electron chi connectivity index (χ4n) is 3.15. The zero-order chi connectivity index (χ0) is 15.9. The van der Waals surface area contributed by atoms with Crippen LogP contribution in [0.2, 0.25) is 0 Å². The Hall–Kier alpha value is -0.880. The van der Waals surface area contributed by atoms with Gasteiger partial charge in [0.15, 0.2) is 0 Å². The van der Waals surface area contributed by atoms with Gasteiger partial charge in [0.1, 0.15) is 6.23 Å². The van der Waals surface area contributed by atoms with Crippen LogP contribution in [0.5, 0.6) is 0 Å². The number of nitrogens with zero attached hydrogens (tertiary/aromatic N) is 2. The molecule has 0 bridgehead atoms. The smallest absolute Gasteiger partial charge is 0.107 e. The molecule has 5 heteroatoms. The number of hydrogen-bond acceptors (Lipinski definition) is 5. The summed E-state index contributed by atoms with van der Waals surface area (Å²) in [4.78, 5) is 4.39. The van der Waals surface area contributed by atoms with Crippen molar-refractivity contribution in [2.24, 2.45) is 5.73 Å². The molecule has 2 atom stereocenters. The minimum atomic E-state index is -0.402. The number of aliphatic hydroxyl groups is 2. The average Bonchev–Trinajstić information content (AvgIpc) is 2.55. The Kier molecular flexibility index (Phi) is 6.89. The number of allylic oxidation sites excluding steroid dienone is 1. The monoisotopic (exact) mass is 309 g/mol. The quantitative estimate of drug-likeness (QED) is 0.484. The molecule has 1 saturated heterocycles. The summed E-state index contributed by atoms with van der Waals surface area (Å²) in [5.74, 6) is 0. The Morgan fingerprint density at radius 2 is 2.09 bits per heavy atom. The Labute approximate surface area is 134 Å². The summed E-state index contributed by atoms with van der Waals surface area (Å²) >= 11 is 0. The zero-order valence-electron chi connectivity index (χ0n) is 13.7. The van der Waals surface area contributed by atoms with E-state index < -0.39 is 6.23 Å². The van der Waals surface area contributed by atoms with Crippen molar-refractivity contribution in [3.8, 4) is 0 Å². The number of likely N-dealkylation sites (tertiary alicyclic amines) is 1. The molecule has 0 amide bonds. The van der Waals surface area contributed by atoms with Gasteiger partial charge in [0.05, 0.1) is 6.10 Å². The van der Waals surface area contributed by atoms with Crippen LogP contribution in [0.25, 0.3) is 0 Å². The van der Waals surface area contributed by atoms with Crippen LogP contribution in [-0.4, -0.2) is 65.1 Å². The third kappa shape index (κ3) is 4.81. The molecule has 1 aliphatic heterocycles. The van der Waals surface area contributed by atoms with Gasteiger partial charge in [-0.1, -0.05) is 12.2 Å². The lowest BCUT2D eigenvalue weighted by Gasteiger charge is -2.36. The molecule has 2 rings (SSSR count). The Bertz CT molecular complexity index is 389. The molecule has 1 aliphatic carbocycles. The van der Waals surface area contributed by atoms with Gasteiger partial charge < -0.3 is 20.8 Å². The van der Waals surface area contributed by atoms with Gasteiger partial charge in [-0.2, -0.15) is 0 Å². The summed E-state index contributed by atoms with van der Waals surface area (Å²) in [5, 5.41) is 19.8. The maximum Gasteiger partial charge on any atom is 0.107 e. The molecule has 126 valence electrons. The molecule has 1 fully saturated rings. The van der Waals surface area contributed by atoms with E-state index in [1.165, 1.54) is 5.70 Å². The maximum atomic E-state index is 10.2. The van der Waals surface area contributed by atoms with E-state index >= 15 is 0 Å². The molecule has 1 heterocycles. The Morgan fingerprint density at radius 3 is 2.68 bits per heavy atom. The Balaban J connectivity index is 1.79. The maximum absolute atomic E-state index is 10.2. The van der Waals surface area contributed by atoms with Crippen LogP contribution >= 0.6 is 0 Å². The lowest BCUT2D eigenvalue weighted by Crippen LogP contribution is -2.40. The third-order valence-electron chi connectivity index (χ3n) is 4.80. The number of piperidine rings is 1.